The molecule has 1 fully saturated rings. The highest BCUT2D eigenvalue weighted by Crippen LogP contribution is 2.71. The smallest absolute Gasteiger partial charge is 0.142 e. The Morgan fingerprint density at radius 2 is 1.51 bits per heavy atom. The average molecular weight is 699 g/mol. The van der Waals surface area contributed by atoms with E-state index in [1.54, 1.807) is 22.3 Å². The van der Waals surface area contributed by atoms with Crippen molar-refractivity contribution in [1.29, 1.82) is 0 Å². The van der Waals surface area contributed by atoms with Crippen LogP contribution in [0.4, 0.5) is 0 Å². The van der Waals surface area contributed by atoms with Crippen LogP contribution in [0, 0.1) is 33.5 Å². The monoisotopic (exact) mass is 697 g/mol. The van der Waals surface area contributed by atoms with Gasteiger partial charge in [-0.15, -0.1) is 0 Å². The van der Waals surface area contributed by atoms with Gasteiger partial charge in [0.05, 0.1) is 13.8 Å². The van der Waals surface area contributed by atoms with Crippen molar-refractivity contribution in [2.75, 3.05) is 6.61 Å². The highest BCUT2D eigenvalue weighted by atomic mass is 35.5. The maximum atomic E-state index is 7.29. The predicted octanol–water partition coefficient (Wildman–Crippen LogP) is 14.0. The van der Waals surface area contributed by atoms with E-state index in [1.807, 2.05) is 17.2 Å². The molecule has 1 aromatic carbocycles. The van der Waals surface area contributed by atoms with E-state index in [9.17, 15) is 0 Å². The molecule has 1 radical (unpaired) electrons. The fraction of sp³-hybridized carbons (Fsp3) is 0.652. The second kappa shape index (κ2) is 12.4. The molecule has 1 saturated carbocycles. The zero-order chi connectivity index (χ0) is 36.1. The summed E-state index contributed by atoms with van der Waals surface area (Å²) in [4.78, 5) is 0. The van der Waals surface area contributed by atoms with Gasteiger partial charge < -0.3 is 4.74 Å². The van der Waals surface area contributed by atoms with Crippen molar-refractivity contribution in [1.82, 2.24) is 0 Å². The molecule has 0 spiro atoms. The molecular formula is C46H66ClOSi. The molecule has 1 nitrogen and oxygen atoms in total. The zero-order valence-corrected chi connectivity index (χ0v) is 35.1. The van der Waals surface area contributed by atoms with Crippen molar-refractivity contribution in [3.05, 3.63) is 86.5 Å². The number of fused-ring (bicyclic) bond motifs is 5. The first-order valence-corrected chi connectivity index (χ1v) is 21.9. The molecule has 0 N–H and O–H groups in total. The van der Waals surface area contributed by atoms with Gasteiger partial charge in [0.2, 0.25) is 0 Å². The van der Waals surface area contributed by atoms with Gasteiger partial charge in [-0.3, -0.25) is 0 Å². The Balaban J connectivity index is 1.75. The van der Waals surface area contributed by atoms with Gasteiger partial charge >= 0.3 is 0 Å². The lowest BCUT2D eigenvalue weighted by Gasteiger charge is -2.53. The summed E-state index contributed by atoms with van der Waals surface area (Å²) in [5.74, 6) is 2.33. The average Bonchev–Trinajstić information content (AvgIpc) is 3.31. The molecule has 5 aliphatic rings. The van der Waals surface area contributed by atoms with Crippen LogP contribution in [0.15, 0.2) is 70.4 Å². The summed E-state index contributed by atoms with van der Waals surface area (Å²) in [5.41, 5.74) is 14.3. The molecule has 6 rings (SSSR count). The number of allylic oxidation sites excluding steroid dienone is 8. The first-order valence-electron chi connectivity index (χ1n) is 19.5. The van der Waals surface area contributed by atoms with Crippen LogP contribution < -0.4 is 4.74 Å². The van der Waals surface area contributed by atoms with Gasteiger partial charge in [-0.25, -0.2) is 0 Å². The number of benzene rings is 1. The summed E-state index contributed by atoms with van der Waals surface area (Å²) in [6.07, 6.45) is 13.2. The molecule has 5 aliphatic carbocycles. The molecule has 0 aliphatic heterocycles. The summed E-state index contributed by atoms with van der Waals surface area (Å²) >= 11 is 7.29. The largest absolute Gasteiger partial charge is 0.488 e. The Morgan fingerprint density at radius 3 is 2.10 bits per heavy atom. The Morgan fingerprint density at radius 1 is 0.878 bits per heavy atom. The minimum Gasteiger partial charge on any atom is -0.488 e. The highest BCUT2D eigenvalue weighted by Gasteiger charge is 2.58. The van der Waals surface area contributed by atoms with E-state index >= 15 is 0 Å². The third-order valence-electron chi connectivity index (χ3n) is 13.3. The fourth-order valence-electron chi connectivity index (χ4n) is 11.0. The van der Waals surface area contributed by atoms with Crippen molar-refractivity contribution in [3.8, 4) is 5.75 Å². The molecule has 267 valence electrons. The Kier molecular flexibility index (Phi) is 9.38. The number of rotatable bonds is 7. The molecule has 0 aromatic heterocycles. The third kappa shape index (κ3) is 6.26. The molecule has 4 unspecified atom stereocenters. The van der Waals surface area contributed by atoms with E-state index < -0.39 is 8.80 Å². The SMILES string of the molecule is C=CCOc1c(Cl)cc(C(C)(C)C)cc1C1CC(C)(C)CC2=C1C1=C3C(=C4CCC(C)(C)CC4C1C2[Si](CC)CC)C(C)(C)C=CC3(C)C. The standard InChI is InChI=1S/C46H66ClOSi/c1-15-22-48-40-30(23-28(24-34(40)47)42(4,5)6)32-26-44(9,10)27-33-35(32)37-36(41(33)49(16-2)17-3)31-25-43(7,8)19-18-29(31)38-39(37)46(13,14)21-20-45(38,11)12/h15,20-21,23-24,31-32,36,41H,1,16-19,22,25-27H2,2-14H3. The van der Waals surface area contributed by atoms with Crippen LogP contribution >= 0.6 is 11.6 Å². The van der Waals surface area contributed by atoms with E-state index in [0.29, 0.717) is 29.4 Å². The van der Waals surface area contributed by atoms with Gasteiger partial charge in [-0.2, -0.15) is 0 Å². The van der Waals surface area contributed by atoms with Gasteiger partial charge in [0, 0.05) is 22.3 Å². The van der Waals surface area contributed by atoms with Crippen LogP contribution in [0.2, 0.25) is 22.7 Å². The van der Waals surface area contributed by atoms with Crippen LogP contribution in [0.5, 0.6) is 5.75 Å². The Labute approximate surface area is 307 Å². The number of hydrogen-bond donors (Lipinski definition) is 0. The molecule has 49 heavy (non-hydrogen) atoms. The second-order valence-electron chi connectivity index (χ2n) is 20.1. The molecule has 0 bridgehead atoms. The lowest BCUT2D eigenvalue weighted by Crippen LogP contribution is -2.42. The summed E-state index contributed by atoms with van der Waals surface area (Å²) in [6, 6.07) is 7.33. The maximum absolute atomic E-state index is 7.29. The summed E-state index contributed by atoms with van der Waals surface area (Å²) in [7, 11) is -0.648. The quantitative estimate of drug-likeness (QED) is 0.203. The lowest BCUT2D eigenvalue weighted by molar-refractivity contribution is 0.185. The Hall–Kier alpha value is -1.77. The summed E-state index contributed by atoms with van der Waals surface area (Å²) in [6.45, 7) is 36.7. The van der Waals surface area contributed by atoms with Gasteiger partial charge in [-0.05, 0) is 99.6 Å². The Bertz CT molecular complexity index is 1650. The van der Waals surface area contributed by atoms with Crippen molar-refractivity contribution in [2.45, 2.75) is 151 Å². The van der Waals surface area contributed by atoms with Crippen LogP contribution in [0.25, 0.3) is 0 Å². The van der Waals surface area contributed by atoms with Gasteiger partial charge in [0.25, 0.3) is 0 Å². The lowest BCUT2D eigenvalue weighted by atomic mass is 9.52. The number of hydrogen-bond acceptors (Lipinski definition) is 1. The van der Waals surface area contributed by atoms with Crippen LogP contribution in [-0.4, -0.2) is 15.4 Å². The fourth-order valence-corrected chi connectivity index (χ4v) is 14.3. The van der Waals surface area contributed by atoms with E-state index in [0.717, 1.165) is 17.2 Å². The third-order valence-corrected chi connectivity index (χ3v) is 16.9. The van der Waals surface area contributed by atoms with E-state index in [-0.39, 0.29) is 27.6 Å². The molecule has 1 aromatic rings. The molecule has 3 heteroatoms. The van der Waals surface area contributed by atoms with E-state index in [4.69, 9.17) is 16.3 Å². The van der Waals surface area contributed by atoms with Gasteiger partial charge in [0.1, 0.15) is 12.4 Å². The van der Waals surface area contributed by atoms with Crippen molar-refractivity contribution < 1.29 is 4.74 Å². The topological polar surface area (TPSA) is 9.23 Å². The first-order chi connectivity index (χ1) is 22.7. The van der Waals surface area contributed by atoms with E-state index in [2.05, 4.69) is 121 Å². The summed E-state index contributed by atoms with van der Waals surface area (Å²) < 4.78 is 6.60. The molecule has 0 heterocycles. The van der Waals surface area contributed by atoms with E-state index in [1.165, 1.54) is 48.9 Å². The number of halogens is 1. The van der Waals surface area contributed by atoms with Crippen LogP contribution in [0.1, 0.15) is 139 Å². The summed E-state index contributed by atoms with van der Waals surface area (Å²) in [5, 5.41) is 0.744. The molecule has 0 saturated heterocycles. The van der Waals surface area contributed by atoms with Crippen LogP contribution in [-0.2, 0) is 5.41 Å². The minimum absolute atomic E-state index is 0.0215. The van der Waals surface area contributed by atoms with Gasteiger partial charge in [0.15, 0.2) is 0 Å². The number of ether oxygens (including phenoxy) is 1. The molecule has 4 atom stereocenters. The molecule has 0 amide bonds. The molecular weight excluding hydrogens is 632 g/mol. The predicted molar refractivity (Wildman–Crippen MR) is 214 cm³/mol. The minimum atomic E-state index is -0.648. The zero-order valence-electron chi connectivity index (χ0n) is 33.3. The first kappa shape index (κ1) is 37.0. The van der Waals surface area contributed by atoms with Crippen molar-refractivity contribution in [3.63, 3.8) is 0 Å². The maximum Gasteiger partial charge on any atom is 0.142 e. The second-order valence-corrected chi connectivity index (χ2v) is 23.8. The normalized spacial score (nSPS) is 29.4. The van der Waals surface area contributed by atoms with Gasteiger partial charge in [-0.1, -0.05) is 156 Å². The highest BCUT2D eigenvalue weighted by molar-refractivity contribution is 6.61. The van der Waals surface area contributed by atoms with Crippen LogP contribution in [0.3, 0.4) is 0 Å². The van der Waals surface area contributed by atoms with Crippen molar-refractivity contribution in [2.24, 2.45) is 33.5 Å². The van der Waals surface area contributed by atoms with Crippen molar-refractivity contribution >= 4 is 20.4 Å².